The van der Waals surface area contributed by atoms with Gasteiger partial charge >= 0.3 is 0 Å². The Kier molecular flexibility index (Phi) is 3.86. The zero-order valence-corrected chi connectivity index (χ0v) is 14.9. The van der Waals surface area contributed by atoms with Crippen LogP contribution in [0.1, 0.15) is 5.56 Å². The highest BCUT2D eigenvalue weighted by atomic mass is 35.5. The Bertz CT molecular complexity index is 929. The smallest absolute Gasteiger partial charge is 0.265 e. The minimum atomic E-state index is -0.136. The predicted molar refractivity (Wildman–Crippen MR) is 98.7 cm³/mol. The van der Waals surface area contributed by atoms with E-state index in [1.165, 1.54) is 16.7 Å². The second-order valence-electron chi connectivity index (χ2n) is 5.30. The molecular formula is C16H11ClN2O3S2. The quantitative estimate of drug-likeness (QED) is 0.430. The van der Waals surface area contributed by atoms with Gasteiger partial charge in [0.1, 0.15) is 22.7 Å². The third-order valence-corrected chi connectivity index (χ3v) is 5.52. The summed E-state index contributed by atoms with van der Waals surface area (Å²) in [6, 6.07) is 5.56. The lowest BCUT2D eigenvalue weighted by atomic mass is 10.1. The van der Waals surface area contributed by atoms with E-state index >= 15 is 0 Å². The van der Waals surface area contributed by atoms with E-state index in [1.54, 1.807) is 13.1 Å². The van der Waals surface area contributed by atoms with Gasteiger partial charge in [-0.3, -0.25) is 9.69 Å². The predicted octanol–water partition coefficient (Wildman–Crippen LogP) is 3.49. The summed E-state index contributed by atoms with van der Waals surface area (Å²) >= 11 is 12.7. The molecule has 3 heterocycles. The van der Waals surface area contributed by atoms with Crippen LogP contribution in [0.15, 0.2) is 23.1 Å². The molecule has 8 heteroatoms. The number of benzene rings is 1. The maximum atomic E-state index is 12.1. The van der Waals surface area contributed by atoms with Gasteiger partial charge in [-0.15, -0.1) is 0 Å². The first-order chi connectivity index (χ1) is 11.5. The van der Waals surface area contributed by atoms with E-state index in [9.17, 15) is 4.79 Å². The number of hydrogen-bond donors (Lipinski definition) is 0. The van der Waals surface area contributed by atoms with Crippen LogP contribution < -0.4 is 9.47 Å². The lowest BCUT2D eigenvalue weighted by molar-refractivity contribution is -0.121. The zero-order valence-electron chi connectivity index (χ0n) is 12.5. The lowest BCUT2D eigenvalue weighted by Gasteiger charge is -2.18. The van der Waals surface area contributed by atoms with Gasteiger partial charge in [-0.25, -0.2) is 4.98 Å². The molecular weight excluding hydrogens is 368 g/mol. The second kappa shape index (κ2) is 5.91. The van der Waals surface area contributed by atoms with Crippen molar-refractivity contribution in [1.29, 1.82) is 0 Å². The highest BCUT2D eigenvalue weighted by molar-refractivity contribution is 8.26. The number of likely N-dealkylation sites (N-methyl/N-ethyl adjacent to an activating group) is 1. The molecule has 1 fully saturated rings. The Morgan fingerprint density at radius 2 is 2.00 bits per heavy atom. The fourth-order valence-electron chi connectivity index (χ4n) is 2.49. The highest BCUT2D eigenvalue weighted by Gasteiger charge is 2.29. The molecule has 0 aliphatic carbocycles. The molecule has 2 aliphatic heterocycles. The van der Waals surface area contributed by atoms with Crippen LogP contribution in [0.2, 0.25) is 5.15 Å². The zero-order chi connectivity index (χ0) is 16.8. The van der Waals surface area contributed by atoms with Crippen LogP contribution in [0.25, 0.3) is 17.0 Å². The highest BCUT2D eigenvalue weighted by Crippen LogP contribution is 2.37. The molecule has 1 amide bonds. The van der Waals surface area contributed by atoms with Gasteiger partial charge < -0.3 is 9.47 Å². The van der Waals surface area contributed by atoms with E-state index in [2.05, 4.69) is 4.98 Å². The number of carbonyl (C=O) groups excluding carboxylic acids is 1. The molecule has 0 spiro atoms. The summed E-state index contributed by atoms with van der Waals surface area (Å²) < 4.78 is 11.7. The molecule has 0 radical (unpaired) electrons. The molecule has 1 aromatic carbocycles. The number of carbonyl (C=O) groups is 1. The Morgan fingerprint density at radius 3 is 2.67 bits per heavy atom. The summed E-state index contributed by atoms with van der Waals surface area (Å²) in [7, 11) is 1.66. The van der Waals surface area contributed by atoms with E-state index in [4.69, 9.17) is 33.3 Å². The Morgan fingerprint density at radius 1 is 1.29 bits per heavy atom. The molecule has 0 unspecified atom stereocenters. The van der Waals surface area contributed by atoms with Crippen LogP contribution in [0.3, 0.4) is 0 Å². The van der Waals surface area contributed by atoms with E-state index in [-0.39, 0.29) is 5.91 Å². The minimum Gasteiger partial charge on any atom is -0.486 e. The standard InChI is InChI=1S/C16H11ClN2O3S2/c1-19-15(20)13(24-16(19)23)6-9-4-8-5-11-12(22-3-2-21-11)7-10(8)18-14(9)17/h4-7H,2-3H2,1H3/b13-6-. The summed E-state index contributed by atoms with van der Waals surface area (Å²) in [5, 5.41) is 1.18. The van der Waals surface area contributed by atoms with Crippen LogP contribution in [0, 0.1) is 0 Å². The lowest BCUT2D eigenvalue weighted by Crippen LogP contribution is -2.22. The summed E-state index contributed by atoms with van der Waals surface area (Å²) in [4.78, 5) is 18.5. The third-order valence-electron chi connectivity index (χ3n) is 3.73. The normalized spacial score (nSPS) is 18.8. The van der Waals surface area contributed by atoms with Crippen molar-refractivity contribution in [3.8, 4) is 11.5 Å². The Labute approximate surface area is 152 Å². The third kappa shape index (κ3) is 2.62. The van der Waals surface area contributed by atoms with Gasteiger partial charge in [-0.2, -0.15) is 0 Å². The number of thiocarbonyl (C=S) groups is 1. The Hall–Kier alpha value is -1.83. The summed E-state index contributed by atoms with van der Waals surface area (Å²) in [5.74, 6) is 1.21. The van der Waals surface area contributed by atoms with Gasteiger partial charge in [0.05, 0.1) is 10.4 Å². The Balaban J connectivity index is 1.80. The van der Waals surface area contributed by atoms with Crippen LogP contribution in [-0.4, -0.2) is 40.4 Å². The molecule has 1 aromatic heterocycles. The minimum absolute atomic E-state index is 0.136. The summed E-state index contributed by atoms with van der Waals surface area (Å²) in [5.41, 5.74) is 1.37. The number of halogens is 1. The van der Waals surface area contributed by atoms with Crippen molar-refractivity contribution in [2.45, 2.75) is 0 Å². The van der Waals surface area contributed by atoms with Crippen molar-refractivity contribution in [2.75, 3.05) is 20.3 Å². The van der Waals surface area contributed by atoms with Crippen LogP contribution >= 0.6 is 35.6 Å². The van der Waals surface area contributed by atoms with Gasteiger partial charge in [0, 0.05) is 24.1 Å². The van der Waals surface area contributed by atoms with E-state index in [0.717, 1.165) is 5.39 Å². The van der Waals surface area contributed by atoms with Crippen molar-refractivity contribution in [3.63, 3.8) is 0 Å². The number of hydrogen-bond acceptors (Lipinski definition) is 6. The molecule has 122 valence electrons. The van der Waals surface area contributed by atoms with Gasteiger partial charge in [0.15, 0.2) is 11.5 Å². The second-order valence-corrected chi connectivity index (χ2v) is 7.33. The molecule has 5 nitrogen and oxygen atoms in total. The monoisotopic (exact) mass is 378 g/mol. The number of amides is 1. The molecule has 2 aromatic rings. The van der Waals surface area contributed by atoms with Crippen LogP contribution in [0.5, 0.6) is 11.5 Å². The number of pyridine rings is 1. The first-order valence-corrected chi connectivity index (χ1v) is 8.74. The number of thioether (sulfide) groups is 1. The van der Waals surface area contributed by atoms with Gasteiger partial charge in [-0.1, -0.05) is 35.6 Å². The largest absolute Gasteiger partial charge is 0.486 e. The maximum absolute atomic E-state index is 12.1. The topological polar surface area (TPSA) is 51.7 Å². The van der Waals surface area contributed by atoms with E-state index in [0.29, 0.717) is 50.2 Å². The summed E-state index contributed by atoms with van der Waals surface area (Å²) in [6.45, 7) is 1.04. The average molecular weight is 379 g/mol. The first-order valence-electron chi connectivity index (χ1n) is 7.14. The summed E-state index contributed by atoms with van der Waals surface area (Å²) in [6.07, 6.45) is 1.72. The van der Waals surface area contributed by atoms with Crippen LogP contribution in [-0.2, 0) is 4.79 Å². The molecule has 0 atom stereocenters. The molecule has 4 rings (SSSR count). The van der Waals surface area contributed by atoms with E-state index < -0.39 is 0 Å². The molecule has 0 bridgehead atoms. The van der Waals surface area contributed by atoms with Gasteiger partial charge in [-0.05, 0) is 18.2 Å². The molecule has 24 heavy (non-hydrogen) atoms. The number of ether oxygens (including phenoxy) is 2. The fraction of sp³-hybridized carbons (Fsp3) is 0.188. The van der Waals surface area contributed by atoms with Gasteiger partial charge in [0.25, 0.3) is 5.91 Å². The van der Waals surface area contributed by atoms with Crippen molar-refractivity contribution < 1.29 is 14.3 Å². The maximum Gasteiger partial charge on any atom is 0.265 e. The fourth-order valence-corrected chi connectivity index (χ4v) is 3.86. The molecule has 0 N–H and O–H groups in total. The number of fused-ring (bicyclic) bond motifs is 2. The van der Waals surface area contributed by atoms with E-state index in [1.807, 2.05) is 18.2 Å². The van der Waals surface area contributed by atoms with Crippen molar-refractivity contribution >= 4 is 62.8 Å². The van der Waals surface area contributed by atoms with Crippen LogP contribution in [0.4, 0.5) is 0 Å². The van der Waals surface area contributed by atoms with Crippen molar-refractivity contribution in [2.24, 2.45) is 0 Å². The van der Waals surface area contributed by atoms with Crippen molar-refractivity contribution in [3.05, 3.63) is 33.8 Å². The first kappa shape index (κ1) is 15.7. The average Bonchev–Trinajstić information content (AvgIpc) is 2.81. The van der Waals surface area contributed by atoms with Gasteiger partial charge in [0.2, 0.25) is 0 Å². The molecule has 1 saturated heterocycles. The molecule has 2 aliphatic rings. The number of nitrogens with zero attached hydrogens (tertiary/aromatic N) is 2. The number of rotatable bonds is 1. The molecule has 0 saturated carbocycles. The number of aromatic nitrogens is 1. The SMILES string of the molecule is CN1C(=O)/C(=C/c2cc3cc4c(cc3nc2Cl)OCCO4)SC1=S. The van der Waals surface area contributed by atoms with Crippen molar-refractivity contribution in [1.82, 2.24) is 9.88 Å².